The highest BCUT2D eigenvalue weighted by Gasteiger charge is 2.21. The van der Waals surface area contributed by atoms with Gasteiger partial charge < -0.3 is 20.1 Å². The van der Waals surface area contributed by atoms with Crippen LogP contribution in [0.3, 0.4) is 0 Å². The van der Waals surface area contributed by atoms with E-state index in [-0.39, 0.29) is 24.5 Å². The average Bonchev–Trinajstić information content (AvgIpc) is 2.84. The first kappa shape index (κ1) is 21.4. The smallest absolute Gasteiger partial charge is 0.259 e. The number of carbonyl (C=O) groups excluding carboxylic acids is 2. The molecule has 6 heteroatoms. The molecule has 0 spiro atoms. The first-order valence-electron chi connectivity index (χ1n) is 10.7. The number of nitrogens with one attached hydrogen (secondary N) is 2. The first-order chi connectivity index (χ1) is 15.6. The molecule has 0 saturated carbocycles. The number of ether oxygens (including phenoxy) is 2. The number of carbonyl (C=O) groups is 2. The van der Waals surface area contributed by atoms with E-state index in [0.29, 0.717) is 22.7 Å². The molecule has 2 amide bonds. The fourth-order valence-electron chi connectivity index (χ4n) is 3.95. The lowest BCUT2D eigenvalue weighted by Gasteiger charge is -2.26. The van der Waals surface area contributed by atoms with E-state index in [0.717, 1.165) is 19.3 Å². The van der Waals surface area contributed by atoms with Crippen molar-refractivity contribution < 1.29 is 19.1 Å². The monoisotopic (exact) mass is 430 g/mol. The van der Waals surface area contributed by atoms with Gasteiger partial charge in [-0.2, -0.15) is 0 Å². The predicted molar refractivity (Wildman–Crippen MR) is 123 cm³/mol. The van der Waals surface area contributed by atoms with Crippen molar-refractivity contribution in [3.63, 3.8) is 0 Å². The van der Waals surface area contributed by atoms with Crippen molar-refractivity contribution in [1.29, 1.82) is 0 Å². The van der Waals surface area contributed by atoms with E-state index < -0.39 is 0 Å². The molecule has 1 aliphatic carbocycles. The molecule has 6 nitrogen and oxygen atoms in total. The van der Waals surface area contributed by atoms with E-state index >= 15 is 0 Å². The summed E-state index contributed by atoms with van der Waals surface area (Å²) in [6, 6.07) is 22.2. The summed E-state index contributed by atoms with van der Waals surface area (Å²) in [5.74, 6) is 0.652. The van der Waals surface area contributed by atoms with Crippen LogP contribution >= 0.6 is 0 Å². The highest BCUT2D eigenvalue weighted by Crippen LogP contribution is 2.29. The molecule has 0 aromatic heterocycles. The van der Waals surface area contributed by atoms with Gasteiger partial charge >= 0.3 is 0 Å². The van der Waals surface area contributed by atoms with Crippen molar-refractivity contribution in [2.75, 3.05) is 19.0 Å². The Bertz CT molecular complexity index is 1090. The molecule has 1 aliphatic rings. The van der Waals surface area contributed by atoms with Gasteiger partial charge in [-0.3, -0.25) is 9.59 Å². The van der Waals surface area contributed by atoms with Crippen LogP contribution < -0.4 is 20.1 Å². The third kappa shape index (κ3) is 5.09. The summed E-state index contributed by atoms with van der Waals surface area (Å²) in [6.07, 6.45) is 3.05. The number of hydrogen-bond donors (Lipinski definition) is 2. The van der Waals surface area contributed by atoms with Gasteiger partial charge in [0.15, 0.2) is 6.61 Å². The van der Waals surface area contributed by atoms with Crippen LogP contribution in [0.15, 0.2) is 72.8 Å². The number of para-hydroxylation sites is 1. The number of benzene rings is 3. The van der Waals surface area contributed by atoms with Crippen LogP contribution in [0.5, 0.6) is 11.5 Å². The molecule has 0 saturated heterocycles. The second-order valence-electron chi connectivity index (χ2n) is 7.68. The van der Waals surface area contributed by atoms with Crippen LogP contribution in [0.2, 0.25) is 0 Å². The quantitative estimate of drug-likeness (QED) is 0.578. The zero-order chi connectivity index (χ0) is 22.3. The zero-order valence-corrected chi connectivity index (χ0v) is 18.0. The van der Waals surface area contributed by atoms with Crippen LogP contribution in [0.4, 0.5) is 5.69 Å². The van der Waals surface area contributed by atoms with Crippen LogP contribution in [0.1, 0.15) is 40.4 Å². The minimum atomic E-state index is -0.261. The minimum absolute atomic E-state index is 0.0311. The molecule has 0 heterocycles. The number of anilines is 1. The highest BCUT2D eigenvalue weighted by molar-refractivity contribution is 6.06. The van der Waals surface area contributed by atoms with Crippen molar-refractivity contribution in [1.82, 2.24) is 5.32 Å². The van der Waals surface area contributed by atoms with Gasteiger partial charge in [-0.25, -0.2) is 0 Å². The maximum Gasteiger partial charge on any atom is 0.259 e. The lowest BCUT2D eigenvalue weighted by molar-refractivity contribution is -0.123. The third-order valence-corrected chi connectivity index (χ3v) is 5.54. The SMILES string of the molecule is COc1ccccc1C(=O)Nc1ccc(OCC(=O)N[C@H]2CCCc3ccccc32)cc1. The highest BCUT2D eigenvalue weighted by atomic mass is 16.5. The zero-order valence-electron chi connectivity index (χ0n) is 18.0. The molecule has 0 radical (unpaired) electrons. The van der Waals surface area contributed by atoms with Crippen LogP contribution in [0.25, 0.3) is 0 Å². The molecular formula is C26H26N2O4. The molecule has 0 bridgehead atoms. The Labute approximate surface area is 187 Å². The second-order valence-corrected chi connectivity index (χ2v) is 7.68. The molecule has 2 N–H and O–H groups in total. The lowest BCUT2D eigenvalue weighted by atomic mass is 9.88. The van der Waals surface area contributed by atoms with E-state index in [1.54, 1.807) is 42.5 Å². The Balaban J connectivity index is 1.30. The summed E-state index contributed by atoms with van der Waals surface area (Å²) >= 11 is 0. The maximum absolute atomic E-state index is 12.5. The largest absolute Gasteiger partial charge is 0.496 e. The van der Waals surface area contributed by atoms with Crippen molar-refractivity contribution in [2.45, 2.75) is 25.3 Å². The summed E-state index contributed by atoms with van der Waals surface area (Å²) in [5.41, 5.74) is 3.57. The molecular weight excluding hydrogens is 404 g/mol. The van der Waals surface area contributed by atoms with Crippen molar-refractivity contribution in [3.05, 3.63) is 89.5 Å². The summed E-state index contributed by atoms with van der Waals surface area (Å²) in [7, 11) is 1.53. The maximum atomic E-state index is 12.5. The number of fused-ring (bicyclic) bond motifs is 1. The molecule has 1 atom stereocenters. The minimum Gasteiger partial charge on any atom is -0.496 e. The third-order valence-electron chi connectivity index (χ3n) is 5.54. The van der Waals surface area contributed by atoms with Crippen molar-refractivity contribution >= 4 is 17.5 Å². The van der Waals surface area contributed by atoms with Crippen LogP contribution in [0, 0.1) is 0 Å². The molecule has 32 heavy (non-hydrogen) atoms. The van der Waals surface area contributed by atoms with E-state index in [2.05, 4.69) is 22.8 Å². The summed E-state index contributed by atoms with van der Waals surface area (Å²) < 4.78 is 10.9. The van der Waals surface area contributed by atoms with Crippen LogP contribution in [-0.4, -0.2) is 25.5 Å². The molecule has 3 aromatic carbocycles. The molecule has 0 fully saturated rings. The van der Waals surface area contributed by atoms with Gasteiger partial charge in [-0.05, 0) is 66.8 Å². The second kappa shape index (κ2) is 10.0. The summed E-state index contributed by atoms with van der Waals surface area (Å²) in [6.45, 7) is -0.0639. The normalized spacial score (nSPS) is 14.7. The Morgan fingerprint density at radius 3 is 2.53 bits per heavy atom. The summed E-state index contributed by atoms with van der Waals surface area (Å²) in [5, 5.41) is 5.91. The fourth-order valence-corrected chi connectivity index (χ4v) is 3.95. The molecule has 4 rings (SSSR count). The first-order valence-corrected chi connectivity index (χ1v) is 10.7. The van der Waals surface area contributed by atoms with Gasteiger partial charge in [0.05, 0.1) is 18.7 Å². The van der Waals surface area contributed by atoms with Gasteiger partial charge in [0.25, 0.3) is 11.8 Å². The number of rotatable bonds is 7. The van der Waals surface area contributed by atoms with E-state index in [1.165, 1.54) is 18.2 Å². The van der Waals surface area contributed by atoms with E-state index in [1.807, 2.05) is 18.2 Å². The number of hydrogen-bond acceptors (Lipinski definition) is 4. The van der Waals surface area contributed by atoms with Gasteiger partial charge in [0, 0.05) is 5.69 Å². The fraction of sp³-hybridized carbons (Fsp3) is 0.231. The molecule has 0 unspecified atom stereocenters. The average molecular weight is 431 g/mol. The van der Waals surface area contributed by atoms with Gasteiger partial charge in [0.1, 0.15) is 11.5 Å². The summed E-state index contributed by atoms with van der Waals surface area (Å²) in [4.78, 5) is 24.9. The standard InChI is InChI=1S/C26H26N2O4/c1-31-24-12-5-4-10-22(24)26(30)27-19-13-15-20(16-14-19)32-17-25(29)28-23-11-6-8-18-7-2-3-9-21(18)23/h2-5,7,9-10,12-16,23H,6,8,11,17H2,1H3,(H,27,30)(H,28,29)/t23-/m0/s1. The Kier molecular flexibility index (Phi) is 6.70. The lowest BCUT2D eigenvalue weighted by Crippen LogP contribution is -2.34. The molecule has 164 valence electrons. The Hall–Kier alpha value is -3.80. The van der Waals surface area contributed by atoms with Gasteiger partial charge in [-0.15, -0.1) is 0 Å². The van der Waals surface area contributed by atoms with Gasteiger partial charge in [0.2, 0.25) is 0 Å². The number of aryl methyl sites for hydroxylation is 1. The predicted octanol–water partition coefficient (Wildman–Crippen LogP) is 4.52. The number of methoxy groups -OCH3 is 1. The van der Waals surface area contributed by atoms with Crippen molar-refractivity contribution in [3.8, 4) is 11.5 Å². The number of amides is 2. The van der Waals surface area contributed by atoms with E-state index in [4.69, 9.17) is 9.47 Å². The van der Waals surface area contributed by atoms with E-state index in [9.17, 15) is 9.59 Å². The Morgan fingerprint density at radius 1 is 0.969 bits per heavy atom. The Morgan fingerprint density at radius 2 is 1.72 bits per heavy atom. The topological polar surface area (TPSA) is 76.7 Å². The van der Waals surface area contributed by atoms with Crippen molar-refractivity contribution in [2.24, 2.45) is 0 Å². The molecule has 3 aromatic rings. The molecule has 0 aliphatic heterocycles. The van der Waals surface area contributed by atoms with Gasteiger partial charge in [-0.1, -0.05) is 36.4 Å². The van der Waals surface area contributed by atoms with Crippen LogP contribution in [-0.2, 0) is 11.2 Å².